The standard InChI is InChI=1S/C20H19NO5/c22-19(21-14-10-11-14)18(13-6-2-1-3-7-13)26-20(23)17-12-24-15-8-4-5-9-16(15)25-17/h1-9,14,17-18H,10-12H2,(H,21,22)/t17-,18-/m0/s1. The van der Waals surface area contributed by atoms with Crippen LogP contribution in [0.1, 0.15) is 24.5 Å². The first-order valence-electron chi connectivity index (χ1n) is 8.65. The van der Waals surface area contributed by atoms with Crippen molar-refractivity contribution in [2.75, 3.05) is 6.61 Å². The van der Waals surface area contributed by atoms with Crippen LogP contribution in [0.3, 0.4) is 0 Å². The number of hydrogen-bond acceptors (Lipinski definition) is 5. The summed E-state index contributed by atoms with van der Waals surface area (Å²) in [4.78, 5) is 25.1. The molecule has 26 heavy (non-hydrogen) atoms. The average molecular weight is 353 g/mol. The minimum atomic E-state index is -1.01. The van der Waals surface area contributed by atoms with Gasteiger partial charge in [-0.3, -0.25) is 4.79 Å². The summed E-state index contributed by atoms with van der Waals surface area (Å²) in [5, 5.41) is 2.89. The normalized spacial score (nSPS) is 19.3. The molecular formula is C20H19NO5. The van der Waals surface area contributed by atoms with Crippen LogP contribution in [0.5, 0.6) is 11.5 Å². The summed E-state index contributed by atoms with van der Waals surface area (Å²) in [7, 11) is 0. The molecule has 2 aromatic carbocycles. The van der Waals surface area contributed by atoms with E-state index in [4.69, 9.17) is 14.2 Å². The van der Waals surface area contributed by atoms with Crippen molar-refractivity contribution in [3.05, 3.63) is 60.2 Å². The van der Waals surface area contributed by atoms with Crippen LogP contribution in [0.4, 0.5) is 0 Å². The van der Waals surface area contributed by atoms with Crippen LogP contribution in [0.25, 0.3) is 0 Å². The SMILES string of the molecule is O=C(O[C@H](C(=O)NC1CC1)c1ccccc1)[C@@H]1COc2ccccc2O1. The van der Waals surface area contributed by atoms with Crippen LogP contribution in [0, 0.1) is 0 Å². The smallest absolute Gasteiger partial charge is 0.352 e. The van der Waals surface area contributed by atoms with Crippen LogP contribution in [-0.2, 0) is 14.3 Å². The van der Waals surface area contributed by atoms with E-state index in [0.29, 0.717) is 17.1 Å². The summed E-state index contributed by atoms with van der Waals surface area (Å²) < 4.78 is 16.8. The average Bonchev–Trinajstić information content (AvgIpc) is 3.50. The lowest BCUT2D eigenvalue weighted by Crippen LogP contribution is -2.41. The number of benzene rings is 2. The highest BCUT2D eigenvalue weighted by atomic mass is 16.6. The quantitative estimate of drug-likeness (QED) is 0.836. The topological polar surface area (TPSA) is 73.9 Å². The summed E-state index contributed by atoms with van der Waals surface area (Å²) in [5.41, 5.74) is 0.621. The molecule has 1 heterocycles. The van der Waals surface area contributed by atoms with Crippen molar-refractivity contribution in [3.8, 4) is 11.5 Å². The molecule has 1 fully saturated rings. The van der Waals surface area contributed by atoms with Gasteiger partial charge in [-0.15, -0.1) is 0 Å². The van der Waals surface area contributed by atoms with Gasteiger partial charge in [0.05, 0.1) is 0 Å². The third kappa shape index (κ3) is 3.64. The molecule has 0 unspecified atom stereocenters. The lowest BCUT2D eigenvalue weighted by Gasteiger charge is -2.26. The number of carbonyl (C=O) groups excluding carboxylic acids is 2. The van der Waals surface area contributed by atoms with E-state index >= 15 is 0 Å². The minimum absolute atomic E-state index is 0.0433. The van der Waals surface area contributed by atoms with Crippen LogP contribution >= 0.6 is 0 Å². The molecule has 6 nitrogen and oxygen atoms in total. The Bertz CT molecular complexity index is 803. The predicted octanol–water partition coefficient (Wildman–Crippen LogP) is 2.39. The van der Waals surface area contributed by atoms with E-state index in [-0.39, 0.29) is 18.6 Å². The summed E-state index contributed by atoms with van der Waals surface area (Å²) in [6.07, 6.45) is -0.00956. The van der Waals surface area contributed by atoms with Crippen molar-refractivity contribution in [3.63, 3.8) is 0 Å². The van der Waals surface area contributed by atoms with E-state index in [0.717, 1.165) is 12.8 Å². The fourth-order valence-corrected chi connectivity index (χ4v) is 2.73. The van der Waals surface area contributed by atoms with Gasteiger partial charge in [0.1, 0.15) is 6.61 Å². The molecule has 1 N–H and O–H groups in total. The van der Waals surface area contributed by atoms with Gasteiger partial charge in [0.2, 0.25) is 12.2 Å². The number of nitrogens with one attached hydrogen (secondary N) is 1. The number of rotatable bonds is 5. The monoisotopic (exact) mass is 353 g/mol. The fraction of sp³-hybridized carbons (Fsp3) is 0.300. The third-order valence-corrected chi connectivity index (χ3v) is 4.27. The van der Waals surface area contributed by atoms with Crippen LogP contribution in [0.2, 0.25) is 0 Å². The van der Waals surface area contributed by atoms with Crippen LogP contribution in [-0.4, -0.2) is 30.6 Å². The predicted molar refractivity (Wildman–Crippen MR) is 92.8 cm³/mol. The van der Waals surface area contributed by atoms with E-state index in [1.807, 2.05) is 12.1 Å². The highest BCUT2D eigenvalue weighted by Crippen LogP contribution is 2.32. The molecule has 1 amide bonds. The molecule has 134 valence electrons. The van der Waals surface area contributed by atoms with Crippen molar-refractivity contribution < 1.29 is 23.8 Å². The Hall–Kier alpha value is -3.02. The number of ether oxygens (including phenoxy) is 3. The van der Waals surface area contributed by atoms with E-state index in [1.54, 1.807) is 42.5 Å². The Kier molecular flexibility index (Phi) is 4.48. The van der Waals surface area contributed by atoms with Gasteiger partial charge in [-0.05, 0) is 25.0 Å². The number of carbonyl (C=O) groups is 2. The summed E-state index contributed by atoms with van der Waals surface area (Å²) in [6, 6.07) is 16.3. The first-order chi connectivity index (χ1) is 12.7. The largest absolute Gasteiger partial charge is 0.485 e. The van der Waals surface area contributed by atoms with Crippen LogP contribution in [0.15, 0.2) is 54.6 Å². The maximum atomic E-state index is 12.6. The highest BCUT2D eigenvalue weighted by Gasteiger charge is 2.35. The number of para-hydroxylation sites is 2. The number of fused-ring (bicyclic) bond motifs is 1. The van der Waals surface area contributed by atoms with Gasteiger partial charge in [0.15, 0.2) is 11.5 Å². The number of esters is 1. The second-order valence-electron chi connectivity index (χ2n) is 6.37. The van der Waals surface area contributed by atoms with Crippen molar-refractivity contribution in [1.29, 1.82) is 0 Å². The summed E-state index contributed by atoms with van der Waals surface area (Å²) in [5.74, 6) is 0.130. The zero-order chi connectivity index (χ0) is 17.9. The Labute approximate surface area is 151 Å². The second kappa shape index (κ2) is 7.07. The van der Waals surface area contributed by atoms with Crippen molar-refractivity contribution >= 4 is 11.9 Å². The molecule has 0 saturated heterocycles. The van der Waals surface area contributed by atoms with Crippen molar-refractivity contribution in [2.24, 2.45) is 0 Å². The molecule has 2 aliphatic rings. The lowest BCUT2D eigenvalue weighted by molar-refractivity contribution is -0.165. The Morgan fingerprint density at radius 1 is 1.00 bits per heavy atom. The fourth-order valence-electron chi connectivity index (χ4n) is 2.73. The maximum absolute atomic E-state index is 12.6. The molecule has 0 bridgehead atoms. The minimum Gasteiger partial charge on any atom is -0.485 e. The molecule has 4 rings (SSSR count). The molecule has 0 spiro atoms. The van der Waals surface area contributed by atoms with Gasteiger partial charge in [0, 0.05) is 11.6 Å². The lowest BCUT2D eigenvalue weighted by atomic mass is 10.1. The van der Waals surface area contributed by atoms with Crippen LogP contribution < -0.4 is 14.8 Å². The summed E-state index contributed by atoms with van der Waals surface area (Å²) >= 11 is 0. The van der Waals surface area contributed by atoms with Gasteiger partial charge in [-0.25, -0.2) is 4.79 Å². The third-order valence-electron chi connectivity index (χ3n) is 4.27. The van der Waals surface area contributed by atoms with Gasteiger partial charge in [0.25, 0.3) is 5.91 Å². The van der Waals surface area contributed by atoms with Gasteiger partial charge >= 0.3 is 5.97 Å². The molecule has 1 aliphatic carbocycles. The van der Waals surface area contributed by atoms with E-state index in [9.17, 15) is 9.59 Å². The first-order valence-corrected chi connectivity index (χ1v) is 8.65. The molecule has 6 heteroatoms. The molecular weight excluding hydrogens is 334 g/mol. The molecule has 1 saturated carbocycles. The van der Waals surface area contributed by atoms with Gasteiger partial charge in [-0.2, -0.15) is 0 Å². The van der Waals surface area contributed by atoms with Gasteiger partial charge < -0.3 is 19.5 Å². The van der Waals surface area contributed by atoms with Gasteiger partial charge in [-0.1, -0.05) is 42.5 Å². The Morgan fingerprint density at radius 3 is 2.42 bits per heavy atom. The van der Waals surface area contributed by atoms with Crippen molar-refractivity contribution in [1.82, 2.24) is 5.32 Å². The molecule has 2 atom stereocenters. The highest BCUT2D eigenvalue weighted by molar-refractivity contribution is 5.86. The molecule has 0 radical (unpaired) electrons. The zero-order valence-electron chi connectivity index (χ0n) is 14.1. The summed E-state index contributed by atoms with van der Waals surface area (Å²) in [6.45, 7) is 0.0433. The number of amides is 1. The molecule has 1 aliphatic heterocycles. The number of hydrogen-bond donors (Lipinski definition) is 1. The zero-order valence-corrected chi connectivity index (χ0v) is 14.1. The maximum Gasteiger partial charge on any atom is 0.352 e. The van der Waals surface area contributed by atoms with E-state index in [1.165, 1.54) is 0 Å². The second-order valence-corrected chi connectivity index (χ2v) is 6.37. The molecule has 2 aromatic rings. The Morgan fingerprint density at radius 2 is 1.69 bits per heavy atom. The molecule has 0 aromatic heterocycles. The van der Waals surface area contributed by atoms with E-state index < -0.39 is 18.2 Å². The Balaban J connectivity index is 1.48. The van der Waals surface area contributed by atoms with E-state index in [2.05, 4.69) is 5.32 Å². The van der Waals surface area contributed by atoms with Crippen molar-refractivity contribution in [2.45, 2.75) is 31.1 Å². The first kappa shape index (κ1) is 16.4.